The first-order valence-corrected chi connectivity index (χ1v) is 10.0. The molecule has 0 unspecified atom stereocenters. The molecule has 0 aliphatic carbocycles. The Morgan fingerprint density at radius 1 is 0.933 bits per heavy atom. The topological polar surface area (TPSA) is 41.0 Å². The van der Waals surface area contributed by atoms with Crippen LogP contribution in [0.3, 0.4) is 0 Å². The summed E-state index contributed by atoms with van der Waals surface area (Å²) in [7, 11) is 0. The summed E-state index contributed by atoms with van der Waals surface area (Å²) in [6.45, 7) is 1.37. The second-order valence-electron chi connectivity index (χ2n) is 7.22. The second kappa shape index (κ2) is 8.52. The third-order valence-corrected chi connectivity index (χ3v) is 5.41. The van der Waals surface area contributed by atoms with E-state index in [2.05, 4.69) is 15.3 Å². The van der Waals surface area contributed by atoms with E-state index in [4.69, 9.17) is 11.6 Å². The molecule has 0 atom stereocenters. The molecule has 0 radical (unpaired) electrons. The van der Waals surface area contributed by atoms with Gasteiger partial charge in [0.05, 0.1) is 5.56 Å². The van der Waals surface area contributed by atoms with Gasteiger partial charge in [-0.05, 0) is 54.3 Å². The zero-order valence-corrected chi connectivity index (χ0v) is 16.8. The van der Waals surface area contributed by atoms with Crippen LogP contribution in [0.25, 0.3) is 11.1 Å². The molecule has 0 bridgehead atoms. The van der Waals surface area contributed by atoms with Crippen molar-refractivity contribution in [2.24, 2.45) is 0 Å². The molecular weight excluding hydrogens is 413 g/mol. The molecular formula is C22H20ClF3N4. The number of benzene rings is 2. The summed E-state index contributed by atoms with van der Waals surface area (Å²) in [6.07, 6.45) is 0.306. The Kier molecular flexibility index (Phi) is 5.81. The summed E-state index contributed by atoms with van der Waals surface area (Å²) >= 11 is 5.99. The van der Waals surface area contributed by atoms with Gasteiger partial charge >= 0.3 is 6.18 Å². The maximum atomic E-state index is 13.8. The molecule has 1 N–H and O–H groups in total. The summed E-state index contributed by atoms with van der Waals surface area (Å²) in [5, 5.41) is 3.59. The Hall–Kier alpha value is -2.80. The van der Waals surface area contributed by atoms with Crippen molar-refractivity contribution in [2.75, 3.05) is 23.3 Å². The van der Waals surface area contributed by atoms with E-state index in [0.717, 1.165) is 0 Å². The van der Waals surface area contributed by atoms with E-state index in [9.17, 15) is 13.2 Å². The van der Waals surface area contributed by atoms with E-state index >= 15 is 0 Å². The molecule has 1 aliphatic heterocycles. The van der Waals surface area contributed by atoms with Gasteiger partial charge in [-0.1, -0.05) is 29.8 Å². The highest BCUT2D eigenvalue weighted by Crippen LogP contribution is 2.38. The zero-order valence-electron chi connectivity index (χ0n) is 16.0. The summed E-state index contributed by atoms with van der Waals surface area (Å²) in [6, 6.07) is 12.9. The van der Waals surface area contributed by atoms with Crippen LogP contribution in [-0.4, -0.2) is 29.1 Å². The molecule has 1 aliphatic rings. The Bertz CT molecular complexity index is 1000. The number of nitrogens with zero attached hydrogens (tertiary/aromatic N) is 3. The molecule has 1 fully saturated rings. The van der Waals surface area contributed by atoms with Gasteiger partial charge < -0.3 is 10.2 Å². The number of halogens is 4. The first-order valence-electron chi connectivity index (χ1n) is 9.66. The molecule has 0 amide bonds. The van der Waals surface area contributed by atoms with Gasteiger partial charge in [0, 0.05) is 42.2 Å². The first-order chi connectivity index (χ1) is 14.4. The molecule has 156 valence electrons. The highest BCUT2D eigenvalue weighted by molar-refractivity contribution is 6.30. The molecule has 2 heterocycles. The quantitative estimate of drug-likeness (QED) is 0.557. The Morgan fingerprint density at radius 2 is 1.63 bits per heavy atom. The van der Waals surface area contributed by atoms with Crippen molar-refractivity contribution in [1.82, 2.24) is 9.97 Å². The largest absolute Gasteiger partial charge is 0.418 e. The number of hydrogen-bond donors (Lipinski definition) is 1. The van der Waals surface area contributed by atoms with Gasteiger partial charge in [-0.3, -0.25) is 0 Å². The number of nitrogens with one attached hydrogen (secondary N) is 1. The van der Waals surface area contributed by atoms with E-state index in [1.54, 1.807) is 48.8 Å². The maximum Gasteiger partial charge on any atom is 0.418 e. The van der Waals surface area contributed by atoms with Crippen molar-refractivity contribution in [3.8, 4) is 11.1 Å². The second-order valence-corrected chi connectivity index (χ2v) is 7.66. The summed E-state index contributed by atoms with van der Waals surface area (Å²) in [4.78, 5) is 10.5. The van der Waals surface area contributed by atoms with Crippen LogP contribution in [0.2, 0.25) is 5.02 Å². The van der Waals surface area contributed by atoms with E-state index in [0.29, 0.717) is 48.0 Å². The lowest BCUT2D eigenvalue weighted by molar-refractivity contribution is -0.136. The van der Waals surface area contributed by atoms with Crippen molar-refractivity contribution in [1.29, 1.82) is 0 Å². The fourth-order valence-corrected chi connectivity index (χ4v) is 3.84. The average Bonchev–Trinajstić information content (AvgIpc) is 2.74. The van der Waals surface area contributed by atoms with Crippen LogP contribution < -0.4 is 10.2 Å². The normalized spacial score (nSPS) is 15.3. The van der Waals surface area contributed by atoms with Gasteiger partial charge in [0.2, 0.25) is 5.95 Å². The van der Waals surface area contributed by atoms with Gasteiger partial charge in [-0.25, -0.2) is 9.97 Å². The van der Waals surface area contributed by atoms with Crippen molar-refractivity contribution in [2.45, 2.75) is 25.1 Å². The third-order valence-electron chi connectivity index (χ3n) is 5.17. The van der Waals surface area contributed by atoms with Crippen LogP contribution in [0.5, 0.6) is 0 Å². The van der Waals surface area contributed by atoms with Crippen molar-refractivity contribution < 1.29 is 13.2 Å². The number of rotatable bonds is 4. The monoisotopic (exact) mass is 432 g/mol. The smallest absolute Gasteiger partial charge is 0.382 e. The highest BCUT2D eigenvalue weighted by Gasteiger charge is 2.34. The van der Waals surface area contributed by atoms with Crippen molar-refractivity contribution in [3.05, 3.63) is 71.5 Å². The van der Waals surface area contributed by atoms with Crippen LogP contribution in [0.4, 0.5) is 24.8 Å². The predicted octanol–water partition coefficient (Wildman–Crippen LogP) is 5.90. The zero-order chi connectivity index (χ0) is 21.1. The minimum absolute atomic E-state index is 0.0527. The molecule has 8 heteroatoms. The fraction of sp³-hybridized carbons (Fsp3) is 0.273. The maximum absolute atomic E-state index is 13.8. The molecule has 0 saturated carbocycles. The van der Waals surface area contributed by atoms with Crippen LogP contribution in [-0.2, 0) is 6.18 Å². The van der Waals surface area contributed by atoms with Crippen LogP contribution in [0.1, 0.15) is 18.4 Å². The SMILES string of the molecule is FC(F)(F)c1cc(-c2cccc(Cl)c2)ccc1NC1CCN(c2ncccn2)CC1. The lowest BCUT2D eigenvalue weighted by atomic mass is 9.99. The number of piperidine rings is 1. The molecule has 3 aromatic rings. The van der Waals surface area contributed by atoms with Crippen LogP contribution in [0, 0.1) is 0 Å². The van der Waals surface area contributed by atoms with Crippen molar-refractivity contribution >= 4 is 23.2 Å². The van der Waals surface area contributed by atoms with Gasteiger partial charge in [0.25, 0.3) is 0 Å². The predicted molar refractivity (Wildman–Crippen MR) is 113 cm³/mol. The van der Waals surface area contributed by atoms with Crippen LogP contribution >= 0.6 is 11.6 Å². The molecule has 30 heavy (non-hydrogen) atoms. The van der Waals surface area contributed by atoms with E-state index in [-0.39, 0.29) is 11.7 Å². The highest BCUT2D eigenvalue weighted by atomic mass is 35.5. The van der Waals surface area contributed by atoms with Gasteiger partial charge in [-0.2, -0.15) is 13.2 Å². The Balaban J connectivity index is 1.51. The summed E-state index contributed by atoms with van der Waals surface area (Å²) in [5.41, 5.74) is 0.554. The Morgan fingerprint density at radius 3 is 2.30 bits per heavy atom. The third kappa shape index (κ3) is 4.67. The van der Waals surface area contributed by atoms with Crippen molar-refractivity contribution in [3.63, 3.8) is 0 Å². The standard InChI is InChI=1S/C22H20ClF3N4/c23-17-4-1-3-15(13-17)16-5-6-20(19(14-16)22(24,25)26)29-18-7-11-30(12-8-18)21-27-9-2-10-28-21/h1-6,9-10,13-14,18,29H,7-8,11-12H2. The molecule has 1 aromatic heterocycles. The first kappa shape index (κ1) is 20.5. The Labute approximate surface area is 177 Å². The lowest BCUT2D eigenvalue weighted by Gasteiger charge is -2.33. The number of alkyl halides is 3. The number of hydrogen-bond acceptors (Lipinski definition) is 4. The van der Waals surface area contributed by atoms with E-state index < -0.39 is 11.7 Å². The summed E-state index contributed by atoms with van der Waals surface area (Å²) in [5.74, 6) is 0.651. The molecule has 0 spiro atoms. The van der Waals surface area contributed by atoms with Crippen LogP contribution in [0.15, 0.2) is 60.9 Å². The van der Waals surface area contributed by atoms with E-state index in [1.165, 1.54) is 12.1 Å². The molecule has 1 saturated heterocycles. The minimum atomic E-state index is -4.46. The summed E-state index contributed by atoms with van der Waals surface area (Å²) < 4.78 is 41.3. The van der Waals surface area contributed by atoms with Gasteiger partial charge in [-0.15, -0.1) is 0 Å². The average molecular weight is 433 g/mol. The molecule has 4 rings (SSSR count). The lowest BCUT2D eigenvalue weighted by Crippen LogP contribution is -2.40. The minimum Gasteiger partial charge on any atom is -0.382 e. The van der Waals surface area contributed by atoms with E-state index in [1.807, 2.05) is 4.90 Å². The molecule has 4 nitrogen and oxygen atoms in total. The number of anilines is 2. The fourth-order valence-electron chi connectivity index (χ4n) is 3.65. The van der Waals surface area contributed by atoms with Gasteiger partial charge in [0.1, 0.15) is 0 Å². The number of aromatic nitrogens is 2. The van der Waals surface area contributed by atoms with Gasteiger partial charge in [0.15, 0.2) is 0 Å². The molecule has 2 aromatic carbocycles.